The molecule has 0 aliphatic carbocycles. The van der Waals surface area contributed by atoms with Crippen molar-refractivity contribution in [3.05, 3.63) is 16.1 Å². The van der Waals surface area contributed by atoms with Crippen molar-refractivity contribution < 1.29 is 17.9 Å². The van der Waals surface area contributed by atoms with Crippen LogP contribution < -0.4 is 13.8 Å². The number of hydrogen-bond acceptors (Lipinski definition) is 7. The molecule has 0 radical (unpaired) electrons. The van der Waals surface area contributed by atoms with E-state index in [-0.39, 0.29) is 38.5 Å². The molecule has 1 aromatic carbocycles. The SMILES string of the molecule is COc1nc2cc(Cl)c(Cl)c(N(CC#N)S(C)(=O)=O)c2nc1OC. The van der Waals surface area contributed by atoms with E-state index in [1.54, 1.807) is 6.07 Å². The quantitative estimate of drug-likeness (QED) is 0.720. The van der Waals surface area contributed by atoms with Gasteiger partial charge in [-0.3, -0.25) is 4.31 Å². The van der Waals surface area contributed by atoms with Crippen LogP contribution in [0.2, 0.25) is 10.0 Å². The molecule has 0 N–H and O–H groups in total. The summed E-state index contributed by atoms with van der Waals surface area (Å²) in [7, 11) is -1.07. The fourth-order valence-corrected chi connectivity index (χ4v) is 3.30. The summed E-state index contributed by atoms with van der Waals surface area (Å²) in [6.45, 7) is -0.468. The number of anilines is 1. The van der Waals surface area contributed by atoms with Crippen LogP contribution in [-0.2, 0) is 10.0 Å². The van der Waals surface area contributed by atoms with Crippen LogP contribution in [0.3, 0.4) is 0 Å². The summed E-state index contributed by atoms with van der Waals surface area (Å²) < 4.78 is 35.1. The molecule has 0 spiro atoms. The van der Waals surface area contributed by atoms with Crippen molar-refractivity contribution in [2.24, 2.45) is 0 Å². The van der Waals surface area contributed by atoms with Crippen LogP contribution in [0.1, 0.15) is 0 Å². The molecule has 0 atom stereocenters. The summed E-state index contributed by atoms with van der Waals surface area (Å²) in [5.41, 5.74) is 0.308. The molecule has 24 heavy (non-hydrogen) atoms. The Balaban J connectivity index is 2.94. The minimum absolute atomic E-state index is 0.0371. The van der Waals surface area contributed by atoms with Crippen molar-refractivity contribution in [3.8, 4) is 17.8 Å². The Bertz CT molecular complexity index is 943. The van der Waals surface area contributed by atoms with Crippen LogP contribution in [0.5, 0.6) is 11.8 Å². The summed E-state index contributed by atoms with van der Waals surface area (Å²) in [4.78, 5) is 8.41. The van der Waals surface area contributed by atoms with E-state index in [0.29, 0.717) is 0 Å². The zero-order valence-corrected chi connectivity index (χ0v) is 15.2. The number of methoxy groups -OCH3 is 2. The Morgan fingerprint density at radius 3 is 2.33 bits per heavy atom. The van der Waals surface area contributed by atoms with Gasteiger partial charge in [-0.2, -0.15) is 5.26 Å². The first-order valence-corrected chi connectivity index (χ1v) is 8.97. The van der Waals surface area contributed by atoms with Gasteiger partial charge in [0.15, 0.2) is 0 Å². The molecule has 0 saturated carbocycles. The van der Waals surface area contributed by atoms with Crippen molar-refractivity contribution in [2.75, 3.05) is 31.3 Å². The topological polar surface area (TPSA) is 105 Å². The molecular weight excluding hydrogens is 379 g/mol. The van der Waals surface area contributed by atoms with E-state index in [1.807, 2.05) is 0 Å². The highest BCUT2D eigenvalue weighted by atomic mass is 35.5. The zero-order valence-electron chi connectivity index (χ0n) is 12.9. The molecule has 0 aliphatic heterocycles. The molecule has 0 fully saturated rings. The summed E-state index contributed by atoms with van der Waals surface area (Å²) in [6, 6.07) is 3.20. The number of rotatable bonds is 5. The van der Waals surface area contributed by atoms with Gasteiger partial charge >= 0.3 is 0 Å². The van der Waals surface area contributed by atoms with Crippen LogP contribution in [0.4, 0.5) is 5.69 Å². The zero-order chi connectivity index (χ0) is 18.1. The monoisotopic (exact) mass is 390 g/mol. The van der Waals surface area contributed by atoms with Crippen molar-refractivity contribution in [3.63, 3.8) is 0 Å². The van der Waals surface area contributed by atoms with E-state index < -0.39 is 16.6 Å². The van der Waals surface area contributed by atoms with Gasteiger partial charge in [0.1, 0.15) is 17.7 Å². The largest absolute Gasteiger partial charge is 0.477 e. The van der Waals surface area contributed by atoms with Crippen LogP contribution >= 0.6 is 23.2 Å². The molecule has 0 saturated heterocycles. The average Bonchev–Trinajstić information content (AvgIpc) is 2.52. The second-order valence-electron chi connectivity index (χ2n) is 4.56. The number of nitrogens with zero attached hydrogens (tertiary/aromatic N) is 4. The fourth-order valence-electron chi connectivity index (χ4n) is 2.01. The highest BCUT2D eigenvalue weighted by Crippen LogP contribution is 2.41. The maximum absolute atomic E-state index is 12.1. The molecule has 0 bridgehead atoms. The van der Waals surface area contributed by atoms with Gasteiger partial charge in [0.25, 0.3) is 11.8 Å². The van der Waals surface area contributed by atoms with Gasteiger partial charge in [0.2, 0.25) is 10.0 Å². The van der Waals surface area contributed by atoms with Gasteiger partial charge in [-0.25, -0.2) is 18.4 Å². The number of aromatic nitrogens is 2. The summed E-state index contributed by atoms with van der Waals surface area (Å²) in [5.74, 6) is 0.135. The number of sulfonamides is 1. The predicted octanol–water partition coefficient (Wildman–Crippen LogP) is 2.24. The number of benzene rings is 1. The van der Waals surface area contributed by atoms with E-state index >= 15 is 0 Å². The van der Waals surface area contributed by atoms with Crippen LogP contribution in [0, 0.1) is 11.3 Å². The van der Waals surface area contributed by atoms with Gasteiger partial charge in [0.05, 0.1) is 42.1 Å². The van der Waals surface area contributed by atoms with Crippen LogP contribution in [0.25, 0.3) is 11.0 Å². The lowest BCUT2D eigenvalue weighted by Gasteiger charge is -2.22. The minimum atomic E-state index is -3.82. The smallest absolute Gasteiger partial charge is 0.278 e. The van der Waals surface area contributed by atoms with E-state index in [0.717, 1.165) is 10.6 Å². The van der Waals surface area contributed by atoms with Crippen molar-refractivity contribution in [1.82, 2.24) is 9.97 Å². The van der Waals surface area contributed by atoms with Crippen LogP contribution in [-0.4, -0.2) is 45.4 Å². The number of hydrogen-bond donors (Lipinski definition) is 0. The molecular formula is C13H12Cl2N4O4S. The first-order valence-electron chi connectivity index (χ1n) is 6.37. The van der Waals surface area contributed by atoms with Crippen molar-refractivity contribution in [2.45, 2.75) is 0 Å². The van der Waals surface area contributed by atoms with Crippen molar-refractivity contribution in [1.29, 1.82) is 5.26 Å². The van der Waals surface area contributed by atoms with Gasteiger partial charge in [0, 0.05) is 0 Å². The molecule has 0 amide bonds. The van der Waals surface area contributed by atoms with Gasteiger partial charge < -0.3 is 9.47 Å². The maximum atomic E-state index is 12.1. The Hall–Kier alpha value is -2.02. The molecule has 2 aromatic rings. The summed E-state index contributed by atoms with van der Waals surface area (Å²) >= 11 is 12.3. The predicted molar refractivity (Wildman–Crippen MR) is 90.5 cm³/mol. The second-order valence-corrected chi connectivity index (χ2v) is 7.25. The highest BCUT2D eigenvalue weighted by molar-refractivity contribution is 7.92. The lowest BCUT2D eigenvalue weighted by Crippen LogP contribution is -2.31. The number of nitriles is 1. The van der Waals surface area contributed by atoms with Gasteiger partial charge in [-0.15, -0.1) is 0 Å². The highest BCUT2D eigenvalue weighted by Gasteiger charge is 2.26. The normalized spacial score (nSPS) is 11.2. The van der Waals surface area contributed by atoms with Gasteiger partial charge in [-0.05, 0) is 6.07 Å². The molecule has 128 valence electrons. The molecule has 8 nitrogen and oxygen atoms in total. The van der Waals surface area contributed by atoms with Crippen LogP contribution in [0.15, 0.2) is 6.07 Å². The third-order valence-electron chi connectivity index (χ3n) is 3.02. The maximum Gasteiger partial charge on any atom is 0.278 e. The minimum Gasteiger partial charge on any atom is -0.477 e. The van der Waals surface area contributed by atoms with E-state index in [9.17, 15) is 8.42 Å². The lowest BCUT2D eigenvalue weighted by atomic mass is 10.2. The standard InChI is InChI=1S/C13H12Cl2N4O4S/c1-22-12-13(23-2)18-10-8(17-12)6-7(14)9(15)11(10)19(5-4-16)24(3,20)21/h6H,5H2,1-3H3. The van der Waals surface area contributed by atoms with Gasteiger partial charge in [-0.1, -0.05) is 23.2 Å². The molecule has 1 aromatic heterocycles. The van der Waals surface area contributed by atoms with E-state index in [4.69, 9.17) is 37.9 Å². The molecule has 2 rings (SSSR count). The molecule has 1 heterocycles. The Kier molecular flexibility index (Phi) is 5.22. The first-order chi connectivity index (χ1) is 11.2. The average molecular weight is 391 g/mol. The lowest BCUT2D eigenvalue weighted by molar-refractivity contribution is 0.334. The fraction of sp³-hybridized carbons (Fsp3) is 0.308. The van der Waals surface area contributed by atoms with Crippen molar-refractivity contribution >= 4 is 49.9 Å². The molecule has 0 unspecified atom stereocenters. The number of ether oxygens (including phenoxy) is 2. The van der Waals surface area contributed by atoms with E-state index in [2.05, 4.69) is 9.97 Å². The second kappa shape index (κ2) is 6.84. The third-order valence-corrected chi connectivity index (χ3v) is 4.91. The molecule has 11 heteroatoms. The Labute approximate surface area is 148 Å². The molecule has 0 aliphatic rings. The number of halogens is 2. The number of fused-ring (bicyclic) bond motifs is 1. The Morgan fingerprint density at radius 1 is 1.25 bits per heavy atom. The summed E-state index contributed by atoms with van der Waals surface area (Å²) in [5, 5.41) is 8.96. The van der Waals surface area contributed by atoms with E-state index in [1.165, 1.54) is 20.3 Å². The third kappa shape index (κ3) is 3.26. The summed E-state index contributed by atoms with van der Waals surface area (Å²) in [6.07, 6.45) is 0.946. The Morgan fingerprint density at radius 2 is 1.83 bits per heavy atom. The first kappa shape index (κ1) is 18.3.